The number of unbranched alkanes of at least 4 members (excludes halogenated alkanes) is 1. The predicted octanol–water partition coefficient (Wildman–Crippen LogP) is 4.98. The molecule has 0 spiro atoms. The third-order valence-electron chi connectivity index (χ3n) is 4.99. The van der Waals surface area contributed by atoms with Crippen molar-refractivity contribution >= 4 is 44.8 Å². The highest BCUT2D eigenvalue weighted by Crippen LogP contribution is 2.25. The molecule has 2 aromatic rings. The third kappa shape index (κ3) is 6.69. The molecule has 1 unspecified atom stereocenters. The average Bonchev–Trinajstić information content (AvgIpc) is 3.02. The van der Waals surface area contributed by atoms with E-state index in [0.29, 0.717) is 28.4 Å². The van der Waals surface area contributed by atoms with Gasteiger partial charge in [-0.2, -0.15) is 0 Å². The topological polar surface area (TPSA) is 108 Å². The molecule has 7 heteroatoms. The third-order valence-corrected chi connectivity index (χ3v) is 5.49. The van der Waals surface area contributed by atoms with Crippen LogP contribution in [0.2, 0.25) is 0 Å². The Hall–Kier alpha value is -2.67. The van der Waals surface area contributed by atoms with E-state index in [1.807, 2.05) is 6.07 Å². The van der Waals surface area contributed by atoms with Crippen molar-refractivity contribution in [2.75, 3.05) is 17.6 Å². The number of rotatable bonds is 7. The minimum atomic E-state index is -0.330. The maximum absolute atomic E-state index is 11.9. The van der Waals surface area contributed by atoms with Gasteiger partial charge in [0, 0.05) is 27.8 Å². The van der Waals surface area contributed by atoms with Crippen molar-refractivity contribution in [2.45, 2.75) is 39.5 Å². The molecular formula is C23H29BrN4O2. The first-order chi connectivity index (χ1) is 14.3. The average molecular weight is 473 g/mol. The number of halogens is 1. The van der Waals surface area contributed by atoms with Crippen LogP contribution < -0.4 is 16.4 Å². The van der Waals surface area contributed by atoms with Crippen molar-refractivity contribution in [2.24, 2.45) is 5.92 Å². The molecule has 0 aromatic heterocycles. The van der Waals surface area contributed by atoms with Gasteiger partial charge in [0.05, 0.1) is 5.69 Å². The van der Waals surface area contributed by atoms with Crippen molar-refractivity contribution in [3.63, 3.8) is 0 Å². The van der Waals surface area contributed by atoms with Gasteiger partial charge in [-0.25, -0.2) is 0 Å². The maximum Gasteiger partial charge on any atom is 0.274 e. The second-order valence-electron chi connectivity index (χ2n) is 7.27. The summed E-state index contributed by atoms with van der Waals surface area (Å²) in [6, 6.07) is 12.4. The maximum atomic E-state index is 11.9. The Labute approximate surface area is 186 Å². The molecule has 1 atom stereocenters. The van der Waals surface area contributed by atoms with Gasteiger partial charge in [-0.1, -0.05) is 49.0 Å². The van der Waals surface area contributed by atoms with Crippen LogP contribution in [-0.4, -0.2) is 24.1 Å². The van der Waals surface area contributed by atoms with Crippen LogP contribution in [0.15, 0.2) is 46.9 Å². The summed E-state index contributed by atoms with van der Waals surface area (Å²) in [6.07, 6.45) is 4.75. The van der Waals surface area contributed by atoms with Crippen LogP contribution in [-0.2, 0) is 4.79 Å². The lowest BCUT2D eigenvalue weighted by Gasteiger charge is -2.15. The van der Waals surface area contributed by atoms with Gasteiger partial charge in [0.15, 0.2) is 0 Å². The lowest BCUT2D eigenvalue weighted by molar-refractivity contribution is -0.110. The Morgan fingerprint density at radius 3 is 2.53 bits per heavy atom. The highest BCUT2D eigenvalue weighted by molar-refractivity contribution is 9.10. The zero-order valence-electron chi connectivity index (χ0n) is 17.4. The molecule has 2 amide bonds. The van der Waals surface area contributed by atoms with E-state index in [1.165, 1.54) is 19.3 Å². The largest absolute Gasteiger partial charge is 0.399 e. The molecular weight excluding hydrogens is 444 g/mol. The molecule has 1 heterocycles. The van der Waals surface area contributed by atoms with Crippen LogP contribution in [0.5, 0.6) is 0 Å². The van der Waals surface area contributed by atoms with Gasteiger partial charge in [0.2, 0.25) is 0 Å². The molecule has 0 fully saturated rings. The minimum Gasteiger partial charge on any atom is -0.399 e. The minimum absolute atomic E-state index is 0.00931. The molecule has 3 rings (SSSR count). The zero-order chi connectivity index (χ0) is 22.1. The number of hydrogen-bond donors (Lipinski definition) is 4. The number of anilines is 2. The number of nitrogen functional groups attached to an aromatic ring is 1. The molecule has 0 aliphatic carbocycles. The molecule has 160 valence electrons. The Balaban J connectivity index is 0.000000230. The van der Waals surface area contributed by atoms with E-state index >= 15 is 0 Å². The van der Waals surface area contributed by atoms with Crippen molar-refractivity contribution < 1.29 is 9.59 Å². The van der Waals surface area contributed by atoms with Gasteiger partial charge in [0.25, 0.3) is 11.8 Å². The van der Waals surface area contributed by atoms with Crippen LogP contribution in [0.25, 0.3) is 0 Å². The van der Waals surface area contributed by atoms with Crippen LogP contribution in [0.3, 0.4) is 0 Å². The molecule has 0 bridgehead atoms. The normalized spacial score (nSPS) is 13.0. The van der Waals surface area contributed by atoms with E-state index in [9.17, 15) is 9.59 Å². The summed E-state index contributed by atoms with van der Waals surface area (Å²) < 4.78 is 0.877. The molecule has 0 saturated carbocycles. The van der Waals surface area contributed by atoms with Gasteiger partial charge in [-0.15, -0.1) is 0 Å². The Morgan fingerprint density at radius 1 is 1.20 bits per heavy atom. The Kier molecular flexibility index (Phi) is 9.05. The van der Waals surface area contributed by atoms with Crippen molar-refractivity contribution in [1.29, 1.82) is 5.41 Å². The molecule has 5 N–H and O–H groups in total. The summed E-state index contributed by atoms with van der Waals surface area (Å²) in [6.45, 7) is 5.13. The highest BCUT2D eigenvalue weighted by Gasteiger charge is 2.23. The zero-order valence-corrected chi connectivity index (χ0v) is 19.0. The summed E-state index contributed by atoms with van der Waals surface area (Å²) in [5.41, 5.74) is 8.36. The number of amides is 2. The second kappa shape index (κ2) is 11.5. The molecule has 1 aliphatic rings. The fraction of sp³-hybridized carbons (Fsp3) is 0.348. The predicted molar refractivity (Wildman–Crippen MR) is 126 cm³/mol. The monoisotopic (exact) mass is 472 g/mol. The number of carbonyl (C=O) groups is 2. The van der Waals surface area contributed by atoms with Gasteiger partial charge < -0.3 is 16.4 Å². The fourth-order valence-electron chi connectivity index (χ4n) is 3.06. The molecule has 30 heavy (non-hydrogen) atoms. The molecule has 2 aromatic carbocycles. The number of fused-ring (bicyclic) bond motifs is 1. The van der Waals surface area contributed by atoms with Crippen molar-refractivity contribution in [3.8, 4) is 0 Å². The van der Waals surface area contributed by atoms with E-state index in [4.69, 9.17) is 11.1 Å². The number of carbonyl (C=O) groups excluding carboxylic acids is 2. The summed E-state index contributed by atoms with van der Waals surface area (Å²) in [4.78, 5) is 22.9. The smallest absolute Gasteiger partial charge is 0.274 e. The summed E-state index contributed by atoms with van der Waals surface area (Å²) in [5, 5.41) is 13.0. The molecule has 0 radical (unpaired) electrons. The molecule has 1 aliphatic heterocycles. The van der Waals surface area contributed by atoms with E-state index < -0.39 is 0 Å². The summed E-state index contributed by atoms with van der Waals surface area (Å²) >= 11 is 3.28. The lowest BCUT2D eigenvalue weighted by Crippen LogP contribution is -2.29. The van der Waals surface area contributed by atoms with Crippen molar-refractivity contribution in [1.82, 2.24) is 5.32 Å². The van der Waals surface area contributed by atoms with E-state index in [2.05, 4.69) is 40.4 Å². The summed E-state index contributed by atoms with van der Waals surface area (Å²) in [5.74, 6) is 0.246. The van der Waals surface area contributed by atoms with Gasteiger partial charge in [-0.05, 0) is 54.8 Å². The van der Waals surface area contributed by atoms with Crippen LogP contribution in [0, 0.1) is 11.3 Å². The van der Waals surface area contributed by atoms with Crippen molar-refractivity contribution in [3.05, 3.63) is 58.1 Å². The number of benzene rings is 2. The first-order valence-corrected chi connectivity index (χ1v) is 11.0. The van der Waals surface area contributed by atoms with Crippen LogP contribution in [0.1, 0.15) is 55.5 Å². The van der Waals surface area contributed by atoms with E-state index in [-0.39, 0.29) is 17.5 Å². The number of nitrogens with two attached hydrogens (primary N) is 1. The van der Waals surface area contributed by atoms with E-state index in [0.717, 1.165) is 17.4 Å². The van der Waals surface area contributed by atoms with E-state index in [1.54, 1.807) is 36.4 Å². The second-order valence-corrected chi connectivity index (χ2v) is 8.18. The van der Waals surface area contributed by atoms with Crippen LogP contribution >= 0.6 is 15.9 Å². The summed E-state index contributed by atoms with van der Waals surface area (Å²) in [7, 11) is 0. The highest BCUT2D eigenvalue weighted by atomic mass is 79.9. The number of nitrogens with one attached hydrogen (secondary N) is 3. The number of hydrogen-bond acceptors (Lipinski definition) is 4. The Bertz CT molecular complexity index is 897. The van der Waals surface area contributed by atoms with Crippen LogP contribution in [0.4, 0.5) is 11.4 Å². The lowest BCUT2D eigenvalue weighted by atomic mass is 9.99. The Morgan fingerprint density at radius 2 is 1.90 bits per heavy atom. The first kappa shape index (κ1) is 23.6. The van der Waals surface area contributed by atoms with Gasteiger partial charge in [0.1, 0.15) is 5.71 Å². The quantitative estimate of drug-likeness (QED) is 0.426. The fourth-order valence-corrected chi connectivity index (χ4v) is 3.42. The first-order valence-electron chi connectivity index (χ1n) is 10.2. The molecule has 0 saturated heterocycles. The van der Waals surface area contributed by atoms with Gasteiger partial charge >= 0.3 is 0 Å². The SMILES string of the molecule is CCCCC(CC)CNC(=O)c1ccc(N)cc1.N=C1C(=O)Nc2ccc(Br)cc21. The van der Waals surface area contributed by atoms with Gasteiger partial charge in [-0.3, -0.25) is 15.0 Å². The molecule has 6 nitrogen and oxygen atoms in total. The standard InChI is InChI=1S/C15H24N2O.C8H5BrN2O/c1-3-5-6-12(4-2)11-17-15(18)13-7-9-14(16)10-8-13;9-4-1-2-6-5(3-4)7(10)8(12)11-6/h7-10,12H,3-6,11,16H2,1-2H3,(H,17,18);1-3H,(H2,10,11,12).